The minimum absolute atomic E-state index is 0.180. The van der Waals surface area contributed by atoms with Crippen LogP contribution in [0, 0.1) is 18.6 Å². The van der Waals surface area contributed by atoms with Crippen LogP contribution in [0.2, 0.25) is 0 Å². The Kier molecular flexibility index (Phi) is 7.60. The summed E-state index contributed by atoms with van der Waals surface area (Å²) in [6, 6.07) is 7.63. The van der Waals surface area contributed by atoms with E-state index in [0.717, 1.165) is 37.9 Å². The third kappa shape index (κ3) is 5.57. The van der Waals surface area contributed by atoms with Crippen LogP contribution in [0.15, 0.2) is 52.1 Å². The lowest BCUT2D eigenvalue weighted by atomic mass is 10.0. The fourth-order valence-electron chi connectivity index (χ4n) is 3.69. The van der Waals surface area contributed by atoms with Gasteiger partial charge in [0, 0.05) is 24.7 Å². The first kappa shape index (κ1) is 27.3. The van der Waals surface area contributed by atoms with Crippen LogP contribution in [-0.4, -0.2) is 43.7 Å². The van der Waals surface area contributed by atoms with E-state index in [1.807, 2.05) is 0 Å². The molecular formula is C23H21F5N4O5S. The summed E-state index contributed by atoms with van der Waals surface area (Å²) in [5.41, 5.74) is 0.224. The number of benzene rings is 2. The summed E-state index contributed by atoms with van der Waals surface area (Å²) >= 11 is 0. The molecule has 0 radical (unpaired) electrons. The Morgan fingerprint density at radius 1 is 1.18 bits per heavy atom. The minimum atomic E-state index is -5.58. The molecule has 1 N–H and O–H groups in total. The van der Waals surface area contributed by atoms with E-state index in [4.69, 9.17) is 0 Å². The average molecular weight is 561 g/mol. The quantitative estimate of drug-likeness (QED) is 0.305. The largest absolute Gasteiger partial charge is 0.493 e. The van der Waals surface area contributed by atoms with Crippen LogP contribution in [0.3, 0.4) is 0 Å². The van der Waals surface area contributed by atoms with Crippen LogP contribution >= 0.6 is 0 Å². The maximum Gasteiger partial charge on any atom is 0.493 e. The van der Waals surface area contributed by atoms with Crippen LogP contribution in [0.5, 0.6) is 0 Å². The number of alkyl halides is 3. The van der Waals surface area contributed by atoms with Crippen molar-refractivity contribution in [1.29, 1.82) is 0 Å². The zero-order chi connectivity index (χ0) is 27.7. The third-order valence-corrected chi connectivity index (χ3v) is 7.40. The highest BCUT2D eigenvalue weighted by molar-refractivity contribution is 7.92. The number of carbonyl (C=O) groups is 1. The van der Waals surface area contributed by atoms with Gasteiger partial charge >= 0.3 is 22.2 Å². The van der Waals surface area contributed by atoms with Crippen molar-refractivity contribution < 1.29 is 44.5 Å². The Balaban J connectivity index is 1.72. The number of halogens is 5. The number of hydrogen-bond acceptors (Lipinski definition) is 8. The van der Waals surface area contributed by atoms with Gasteiger partial charge in [0.2, 0.25) is 5.82 Å². The van der Waals surface area contributed by atoms with Crippen LogP contribution in [0.1, 0.15) is 23.1 Å². The Bertz CT molecular complexity index is 1430. The molecule has 2 heterocycles. The Morgan fingerprint density at radius 3 is 2.53 bits per heavy atom. The normalized spacial score (nSPS) is 14.2. The van der Waals surface area contributed by atoms with Gasteiger partial charge in [0.05, 0.1) is 5.69 Å². The molecule has 3 aromatic rings. The molecule has 1 fully saturated rings. The fraction of sp³-hybridized carbons (Fsp3) is 0.304. The second-order valence-electron chi connectivity index (χ2n) is 8.40. The Morgan fingerprint density at radius 2 is 1.92 bits per heavy atom. The monoisotopic (exact) mass is 560 g/mol. The van der Waals surface area contributed by atoms with Crippen molar-refractivity contribution in [2.24, 2.45) is 0 Å². The minimum Gasteiger partial charge on any atom is -0.380 e. The van der Waals surface area contributed by atoms with E-state index in [-0.39, 0.29) is 17.7 Å². The summed E-state index contributed by atoms with van der Waals surface area (Å²) < 4.78 is 99.7. The second kappa shape index (κ2) is 10.6. The topological polar surface area (TPSA) is 105 Å². The maximum absolute atomic E-state index is 15.3. The van der Waals surface area contributed by atoms with Gasteiger partial charge in [0.25, 0.3) is 0 Å². The number of aryl methyl sites for hydroxylation is 1. The summed E-state index contributed by atoms with van der Waals surface area (Å²) in [5, 5.41) is 5.88. The van der Waals surface area contributed by atoms with Gasteiger partial charge in [0.1, 0.15) is 22.8 Å². The molecule has 9 nitrogen and oxygen atoms in total. The average Bonchev–Trinajstić information content (AvgIpc) is 3.34. The molecule has 4 rings (SSSR count). The SMILES string of the molecule is Cc1ccc(NCc2c(F)cccc2CN2CCC2)c(S(=O)(=O)N(OC(=O)C(F)(F)F)c2ccon2)c1F. The lowest BCUT2D eigenvalue weighted by Crippen LogP contribution is -2.39. The van der Waals surface area contributed by atoms with E-state index in [1.165, 1.54) is 25.1 Å². The van der Waals surface area contributed by atoms with Crippen molar-refractivity contribution in [2.45, 2.75) is 37.5 Å². The number of nitrogens with one attached hydrogen (secondary N) is 1. The number of anilines is 2. The molecule has 1 aliphatic rings. The smallest absolute Gasteiger partial charge is 0.380 e. The predicted octanol–water partition coefficient (Wildman–Crippen LogP) is 4.29. The van der Waals surface area contributed by atoms with Crippen molar-refractivity contribution in [3.05, 3.63) is 71.0 Å². The second-order valence-corrected chi connectivity index (χ2v) is 10.1. The maximum atomic E-state index is 15.3. The first-order chi connectivity index (χ1) is 17.9. The molecule has 0 unspecified atom stereocenters. The third-order valence-electron chi connectivity index (χ3n) is 5.79. The number of aromatic nitrogens is 1. The lowest BCUT2D eigenvalue weighted by molar-refractivity contribution is -0.199. The van der Waals surface area contributed by atoms with Crippen LogP contribution in [-0.2, 0) is 32.7 Å². The summed E-state index contributed by atoms with van der Waals surface area (Å²) in [6.45, 7) is 3.05. The van der Waals surface area contributed by atoms with Gasteiger partial charge < -0.3 is 14.7 Å². The van der Waals surface area contributed by atoms with E-state index >= 15 is 4.39 Å². The highest BCUT2D eigenvalue weighted by Gasteiger charge is 2.46. The van der Waals surface area contributed by atoms with Crippen LogP contribution in [0.4, 0.5) is 33.5 Å². The van der Waals surface area contributed by atoms with E-state index in [0.29, 0.717) is 12.1 Å². The van der Waals surface area contributed by atoms with Gasteiger partial charge in [-0.05, 0) is 49.7 Å². The Labute approximate surface area is 213 Å². The van der Waals surface area contributed by atoms with E-state index in [1.54, 1.807) is 6.07 Å². The first-order valence-corrected chi connectivity index (χ1v) is 12.6. The van der Waals surface area contributed by atoms with E-state index < -0.39 is 54.7 Å². The van der Waals surface area contributed by atoms with Gasteiger partial charge in [-0.25, -0.2) is 13.6 Å². The zero-order valence-corrected chi connectivity index (χ0v) is 20.6. The lowest BCUT2D eigenvalue weighted by Gasteiger charge is -2.31. The number of nitrogens with zero attached hydrogens (tertiary/aromatic N) is 3. The van der Waals surface area contributed by atoms with Crippen LogP contribution in [0.25, 0.3) is 0 Å². The molecule has 1 aliphatic heterocycles. The number of carbonyl (C=O) groups excluding carboxylic acids is 1. The summed E-state index contributed by atoms with van der Waals surface area (Å²) in [5.74, 6) is -5.69. The van der Waals surface area contributed by atoms with Gasteiger partial charge in [0.15, 0.2) is 0 Å². The molecule has 0 bridgehead atoms. The van der Waals surface area contributed by atoms with Crippen molar-refractivity contribution in [3.8, 4) is 0 Å². The standard InChI is InChI=1S/C23H21F5N4O5S/c1-14-6-7-18(29-12-16-15(4-2-5-17(16)24)13-31-9-3-10-31)21(20(14)25)38(34,35)32(19-8-11-36-30-19)37-22(33)23(26,27)28/h2,4-8,11,29H,3,9-10,12-13H2,1H3. The van der Waals surface area contributed by atoms with Crippen molar-refractivity contribution in [1.82, 2.24) is 10.1 Å². The van der Waals surface area contributed by atoms with E-state index in [2.05, 4.69) is 24.7 Å². The number of likely N-dealkylation sites (tertiary alicyclic amines) is 1. The molecule has 0 saturated carbocycles. The number of rotatable bonds is 9. The van der Waals surface area contributed by atoms with Gasteiger partial charge in [-0.2, -0.15) is 21.6 Å². The highest BCUT2D eigenvalue weighted by Crippen LogP contribution is 2.34. The summed E-state index contributed by atoms with van der Waals surface area (Å²) in [7, 11) is -5.37. The molecule has 15 heteroatoms. The molecule has 38 heavy (non-hydrogen) atoms. The van der Waals surface area contributed by atoms with Crippen molar-refractivity contribution in [2.75, 3.05) is 22.9 Å². The molecule has 204 valence electrons. The first-order valence-electron chi connectivity index (χ1n) is 11.2. The van der Waals surface area contributed by atoms with Gasteiger partial charge in [-0.1, -0.05) is 27.8 Å². The summed E-state index contributed by atoms with van der Waals surface area (Å²) in [6.07, 6.45) is -3.77. The molecule has 0 spiro atoms. The van der Waals surface area contributed by atoms with Gasteiger partial charge in [-0.3, -0.25) is 4.90 Å². The Hall–Kier alpha value is -3.72. The van der Waals surface area contributed by atoms with Crippen molar-refractivity contribution in [3.63, 3.8) is 0 Å². The molecule has 1 aromatic heterocycles. The number of sulfonamides is 1. The molecular weight excluding hydrogens is 539 g/mol. The summed E-state index contributed by atoms with van der Waals surface area (Å²) in [4.78, 5) is 16.5. The molecule has 0 atom stereocenters. The zero-order valence-electron chi connectivity index (χ0n) is 19.8. The predicted molar refractivity (Wildman–Crippen MR) is 123 cm³/mol. The van der Waals surface area contributed by atoms with Crippen LogP contribution < -0.4 is 9.79 Å². The van der Waals surface area contributed by atoms with Gasteiger partial charge in [-0.15, -0.1) is 0 Å². The molecule has 0 aliphatic carbocycles. The molecule has 2 aromatic carbocycles. The number of hydrogen-bond donors (Lipinski definition) is 1. The molecule has 0 amide bonds. The van der Waals surface area contributed by atoms with Crippen molar-refractivity contribution >= 4 is 27.5 Å². The molecule has 1 saturated heterocycles. The fourth-order valence-corrected chi connectivity index (χ4v) is 5.17. The highest BCUT2D eigenvalue weighted by atomic mass is 32.2. The van der Waals surface area contributed by atoms with E-state index in [9.17, 15) is 30.8 Å².